The van der Waals surface area contributed by atoms with Crippen molar-refractivity contribution in [2.75, 3.05) is 19.7 Å². The van der Waals surface area contributed by atoms with Crippen molar-refractivity contribution < 1.29 is 32.7 Å². The van der Waals surface area contributed by atoms with Crippen LogP contribution in [-0.4, -0.2) is 58.9 Å². The molecule has 190 valence electrons. The molecule has 7 nitrogen and oxygen atoms in total. The second kappa shape index (κ2) is 11.0. The third-order valence-electron chi connectivity index (χ3n) is 6.38. The van der Waals surface area contributed by atoms with Gasteiger partial charge in [-0.05, 0) is 53.7 Å². The minimum absolute atomic E-state index is 0.0229. The number of benzene rings is 2. The summed E-state index contributed by atoms with van der Waals surface area (Å²) in [5.41, 5.74) is 6.65. The van der Waals surface area contributed by atoms with E-state index in [9.17, 15) is 22.8 Å². The normalized spacial score (nSPS) is 15.5. The summed E-state index contributed by atoms with van der Waals surface area (Å²) in [6, 6.07) is 13.7. The number of hydroxylamine groups is 1. The molecule has 36 heavy (non-hydrogen) atoms. The van der Waals surface area contributed by atoms with E-state index < -0.39 is 18.1 Å². The quantitative estimate of drug-likeness (QED) is 0.180. The van der Waals surface area contributed by atoms with Gasteiger partial charge in [0.2, 0.25) is 0 Å². The monoisotopic (exact) mass is 501 g/mol. The lowest BCUT2D eigenvalue weighted by atomic mass is 10.1. The summed E-state index contributed by atoms with van der Waals surface area (Å²) >= 11 is 0. The first-order valence-corrected chi connectivity index (χ1v) is 11.5. The number of amides is 1. The van der Waals surface area contributed by atoms with Crippen molar-refractivity contribution in [1.29, 1.82) is 0 Å². The number of nitrogens with zero attached hydrogens (tertiary/aromatic N) is 1. The predicted molar refractivity (Wildman–Crippen MR) is 127 cm³/mol. The third-order valence-corrected chi connectivity index (χ3v) is 6.38. The molecule has 1 amide bonds. The summed E-state index contributed by atoms with van der Waals surface area (Å²) in [6.07, 6.45) is 1.78. The number of rotatable bonds is 9. The number of H-pyrrole nitrogens is 1. The Hall–Kier alpha value is -3.63. The van der Waals surface area contributed by atoms with Crippen LogP contribution >= 0.6 is 0 Å². The lowest BCUT2D eigenvalue weighted by molar-refractivity contribution is -0.200. The maximum absolute atomic E-state index is 12.6. The smallest absolute Gasteiger partial charge is 0.458 e. The average molecular weight is 502 g/mol. The molecule has 1 atom stereocenters. The Balaban J connectivity index is 1.46. The molecule has 3 aromatic rings. The molecular formula is C26H26F3N3O4. The van der Waals surface area contributed by atoms with Crippen molar-refractivity contribution in [3.8, 4) is 0 Å². The molecule has 10 heteroatoms. The maximum atomic E-state index is 12.6. The first-order chi connectivity index (χ1) is 17.2. The zero-order valence-electron chi connectivity index (χ0n) is 19.3. The fraction of sp³-hybridized carbons (Fsp3) is 0.308. The Bertz CT molecular complexity index is 1270. The Labute approximate surface area is 205 Å². The van der Waals surface area contributed by atoms with Gasteiger partial charge >= 0.3 is 12.1 Å². The van der Waals surface area contributed by atoms with E-state index in [1.165, 1.54) is 6.08 Å². The van der Waals surface area contributed by atoms with Crippen molar-refractivity contribution in [2.24, 2.45) is 0 Å². The second-order valence-electron chi connectivity index (χ2n) is 8.68. The highest BCUT2D eigenvalue weighted by Gasteiger charge is 2.41. The van der Waals surface area contributed by atoms with Gasteiger partial charge in [-0.15, -0.1) is 0 Å². The van der Waals surface area contributed by atoms with Gasteiger partial charge < -0.3 is 9.72 Å². The number of aromatic amines is 1. The molecular weight excluding hydrogens is 475 g/mol. The van der Waals surface area contributed by atoms with Crippen LogP contribution in [0, 0.1) is 0 Å². The fourth-order valence-electron chi connectivity index (χ4n) is 4.60. The van der Waals surface area contributed by atoms with E-state index in [2.05, 4.69) is 14.6 Å². The molecule has 1 aliphatic carbocycles. The van der Waals surface area contributed by atoms with Gasteiger partial charge in [-0.2, -0.15) is 13.2 Å². The van der Waals surface area contributed by atoms with Gasteiger partial charge in [0.15, 0.2) is 0 Å². The van der Waals surface area contributed by atoms with Crippen LogP contribution in [-0.2, 0) is 33.6 Å². The van der Waals surface area contributed by atoms with Gasteiger partial charge in [0.1, 0.15) is 6.61 Å². The molecule has 0 aliphatic heterocycles. The number of ether oxygens (including phenoxy) is 1. The first-order valence-electron chi connectivity index (χ1n) is 11.5. The zero-order chi connectivity index (χ0) is 25.7. The van der Waals surface area contributed by atoms with Crippen LogP contribution in [0.25, 0.3) is 17.0 Å². The number of carbonyl (C=O) groups excluding carboxylic acids is 2. The van der Waals surface area contributed by atoms with Crippen molar-refractivity contribution >= 4 is 28.9 Å². The van der Waals surface area contributed by atoms with Gasteiger partial charge in [0, 0.05) is 42.3 Å². The van der Waals surface area contributed by atoms with Crippen LogP contribution in [0.4, 0.5) is 13.2 Å². The summed E-state index contributed by atoms with van der Waals surface area (Å²) in [5.74, 6) is -2.82. The first kappa shape index (κ1) is 25.5. The maximum Gasteiger partial charge on any atom is 0.490 e. The number of esters is 1. The van der Waals surface area contributed by atoms with E-state index in [1.54, 1.807) is 11.6 Å². The van der Waals surface area contributed by atoms with Crippen LogP contribution in [0.1, 0.15) is 22.3 Å². The van der Waals surface area contributed by atoms with E-state index in [-0.39, 0.29) is 19.2 Å². The molecule has 0 spiro atoms. The van der Waals surface area contributed by atoms with Crippen LogP contribution in [0.5, 0.6) is 0 Å². The highest BCUT2D eigenvalue weighted by molar-refractivity contribution is 5.90. The molecule has 0 saturated heterocycles. The number of carbonyl (C=O) groups is 2. The van der Waals surface area contributed by atoms with Crippen LogP contribution in [0.2, 0.25) is 0 Å². The number of para-hydroxylation sites is 1. The SMILES string of the molecule is O=C(/C=C/c1ccc2c(c1)CC(N(CCOC(=O)C(F)(F)F)CCc1c[nH]c3ccccc13)C2)NO. The summed E-state index contributed by atoms with van der Waals surface area (Å²) in [7, 11) is 0. The number of hydrogen-bond acceptors (Lipinski definition) is 5. The highest BCUT2D eigenvalue weighted by atomic mass is 19.4. The van der Waals surface area contributed by atoms with Crippen molar-refractivity contribution in [3.63, 3.8) is 0 Å². The number of hydrogen-bond donors (Lipinski definition) is 3. The van der Waals surface area contributed by atoms with Crippen LogP contribution in [0.3, 0.4) is 0 Å². The van der Waals surface area contributed by atoms with Crippen LogP contribution in [0.15, 0.2) is 54.7 Å². The van der Waals surface area contributed by atoms with Gasteiger partial charge in [-0.1, -0.05) is 36.4 Å². The van der Waals surface area contributed by atoms with Crippen molar-refractivity contribution in [1.82, 2.24) is 15.4 Å². The Morgan fingerprint density at radius 2 is 1.92 bits per heavy atom. The van der Waals surface area contributed by atoms with Gasteiger partial charge in [0.25, 0.3) is 5.91 Å². The van der Waals surface area contributed by atoms with E-state index in [4.69, 9.17) is 5.21 Å². The Morgan fingerprint density at radius 3 is 2.69 bits per heavy atom. The molecule has 0 radical (unpaired) electrons. The summed E-state index contributed by atoms with van der Waals surface area (Å²) < 4.78 is 42.2. The highest BCUT2D eigenvalue weighted by Crippen LogP contribution is 2.28. The molecule has 1 heterocycles. The lowest BCUT2D eigenvalue weighted by Gasteiger charge is -2.28. The molecule has 0 bridgehead atoms. The van der Waals surface area contributed by atoms with E-state index in [1.807, 2.05) is 48.7 Å². The molecule has 0 fully saturated rings. The Morgan fingerprint density at radius 1 is 1.14 bits per heavy atom. The summed E-state index contributed by atoms with van der Waals surface area (Å²) in [6.45, 7) is 0.392. The van der Waals surface area contributed by atoms with Gasteiger partial charge in [-0.3, -0.25) is 14.9 Å². The van der Waals surface area contributed by atoms with Crippen molar-refractivity contribution in [3.05, 3.63) is 77.0 Å². The molecule has 2 aromatic carbocycles. The largest absolute Gasteiger partial charge is 0.490 e. The van der Waals surface area contributed by atoms with Gasteiger partial charge in [-0.25, -0.2) is 10.3 Å². The van der Waals surface area contributed by atoms with E-state index in [0.29, 0.717) is 25.8 Å². The molecule has 3 N–H and O–H groups in total. The molecule has 1 aliphatic rings. The van der Waals surface area contributed by atoms with Crippen molar-refractivity contribution in [2.45, 2.75) is 31.5 Å². The molecule has 1 aromatic heterocycles. The number of halogens is 3. The number of fused-ring (bicyclic) bond motifs is 2. The number of nitrogens with one attached hydrogen (secondary N) is 2. The molecule has 1 unspecified atom stereocenters. The third kappa shape index (κ3) is 6.13. The van der Waals surface area contributed by atoms with E-state index in [0.717, 1.165) is 33.2 Å². The standard InChI is InChI=1S/C26H26F3N3O4/c27-26(28,29)25(34)36-12-11-32(10-9-19-16-30-23-4-2-1-3-22(19)23)21-14-18-7-5-17(13-20(18)15-21)6-8-24(33)31-35/h1-8,13,16,21,30,35H,9-12,14-15H2,(H,31,33)/b8-6+. The predicted octanol–water partition coefficient (Wildman–Crippen LogP) is 3.80. The number of aromatic nitrogens is 1. The number of alkyl halides is 3. The van der Waals surface area contributed by atoms with Gasteiger partial charge in [0.05, 0.1) is 0 Å². The second-order valence-corrected chi connectivity index (χ2v) is 8.68. The minimum atomic E-state index is -5.02. The zero-order valence-corrected chi connectivity index (χ0v) is 19.3. The average Bonchev–Trinajstić information content (AvgIpc) is 3.47. The van der Waals surface area contributed by atoms with E-state index >= 15 is 0 Å². The van der Waals surface area contributed by atoms with Crippen LogP contribution < -0.4 is 5.48 Å². The Kier molecular flexibility index (Phi) is 7.76. The summed E-state index contributed by atoms with van der Waals surface area (Å²) in [4.78, 5) is 27.8. The lowest BCUT2D eigenvalue weighted by Crippen LogP contribution is -2.40. The molecule has 4 rings (SSSR count). The summed E-state index contributed by atoms with van der Waals surface area (Å²) in [5, 5.41) is 9.73. The topological polar surface area (TPSA) is 94.7 Å². The fourth-order valence-corrected chi connectivity index (χ4v) is 4.60. The molecule has 0 saturated carbocycles. The minimum Gasteiger partial charge on any atom is -0.458 e.